The molecule has 1 fully saturated rings. The molecule has 1 aliphatic heterocycles. The van der Waals surface area contributed by atoms with E-state index in [1.165, 1.54) is 0 Å². The first-order chi connectivity index (χ1) is 10.1. The van der Waals surface area contributed by atoms with Gasteiger partial charge in [0, 0.05) is 18.8 Å². The second-order valence-electron chi connectivity index (χ2n) is 5.08. The largest absolute Gasteiger partial charge is 0.481 e. The number of carboxylic acid groups (broad SMARTS) is 1. The van der Waals surface area contributed by atoms with Crippen molar-refractivity contribution in [1.82, 2.24) is 0 Å². The molecular formula is C15H20N2O4. The van der Waals surface area contributed by atoms with Gasteiger partial charge in [-0.15, -0.1) is 0 Å². The zero-order chi connectivity index (χ0) is 15.2. The van der Waals surface area contributed by atoms with Crippen molar-refractivity contribution in [3.05, 3.63) is 29.8 Å². The van der Waals surface area contributed by atoms with Gasteiger partial charge in [-0.3, -0.25) is 9.59 Å². The van der Waals surface area contributed by atoms with E-state index >= 15 is 0 Å². The Morgan fingerprint density at radius 3 is 2.57 bits per heavy atom. The van der Waals surface area contributed by atoms with Crippen LogP contribution in [0.4, 0.5) is 5.69 Å². The number of carbonyl (C=O) groups is 2. The molecule has 1 heterocycles. The molecule has 21 heavy (non-hydrogen) atoms. The predicted octanol–water partition coefficient (Wildman–Crippen LogP) is 1.25. The minimum atomic E-state index is -0.845. The van der Waals surface area contributed by atoms with Crippen LogP contribution < -0.4 is 10.6 Å². The quantitative estimate of drug-likeness (QED) is 0.823. The molecule has 0 saturated carbocycles. The molecule has 0 spiro atoms. The fraction of sp³-hybridized carbons (Fsp3) is 0.467. The van der Waals surface area contributed by atoms with Gasteiger partial charge in [0.25, 0.3) is 5.91 Å². The van der Waals surface area contributed by atoms with E-state index in [1.807, 2.05) is 12.1 Å². The number of benzene rings is 1. The first-order valence-electron chi connectivity index (χ1n) is 7.05. The van der Waals surface area contributed by atoms with Gasteiger partial charge in [-0.25, -0.2) is 0 Å². The number of rotatable bonds is 6. The molecule has 114 valence electrons. The number of hydrogen-bond donors (Lipinski definition) is 2. The van der Waals surface area contributed by atoms with Crippen molar-refractivity contribution >= 4 is 17.6 Å². The van der Waals surface area contributed by atoms with Crippen molar-refractivity contribution in [3.63, 3.8) is 0 Å². The maximum absolute atomic E-state index is 11.4. The fourth-order valence-corrected chi connectivity index (χ4v) is 2.53. The van der Waals surface area contributed by atoms with Crippen molar-refractivity contribution in [2.24, 2.45) is 5.73 Å². The molecule has 1 aliphatic rings. The summed E-state index contributed by atoms with van der Waals surface area (Å²) < 4.78 is 5.56. The number of hydrogen-bond acceptors (Lipinski definition) is 4. The highest BCUT2D eigenvalue weighted by Crippen LogP contribution is 2.24. The summed E-state index contributed by atoms with van der Waals surface area (Å²) in [4.78, 5) is 24.0. The fourth-order valence-electron chi connectivity index (χ4n) is 2.53. The number of anilines is 1. The average Bonchev–Trinajstić information content (AvgIpc) is 2.47. The summed E-state index contributed by atoms with van der Waals surface area (Å²) in [6.45, 7) is 1.78. The van der Waals surface area contributed by atoms with Crippen molar-refractivity contribution < 1.29 is 19.4 Å². The lowest BCUT2D eigenvalue weighted by Gasteiger charge is -2.34. The molecule has 0 aliphatic carbocycles. The minimum Gasteiger partial charge on any atom is -0.481 e. The maximum Gasteiger partial charge on any atom is 0.305 e. The van der Waals surface area contributed by atoms with Crippen LogP contribution in [0.5, 0.6) is 0 Å². The Hall–Kier alpha value is -2.08. The summed E-state index contributed by atoms with van der Waals surface area (Å²) in [5, 5.41) is 8.58. The molecule has 6 heteroatoms. The summed E-state index contributed by atoms with van der Waals surface area (Å²) in [6, 6.07) is 7.31. The molecule has 1 aromatic rings. The molecule has 1 saturated heterocycles. The Morgan fingerprint density at radius 1 is 1.29 bits per heavy atom. The van der Waals surface area contributed by atoms with Gasteiger partial charge in [0.1, 0.15) is 0 Å². The molecule has 0 aromatic heterocycles. The Bertz CT molecular complexity index is 510. The van der Waals surface area contributed by atoms with Crippen molar-refractivity contribution in [2.75, 3.05) is 24.6 Å². The number of para-hydroxylation sites is 1. The number of amides is 1. The number of carboxylic acids is 1. The van der Waals surface area contributed by atoms with Gasteiger partial charge in [-0.2, -0.15) is 0 Å². The van der Waals surface area contributed by atoms with E-state index in [0.717, 1.165) is 31.6 Å². The summed E-state index contributed by atoms with van der Waals surface area (Å²) in [5.74, 6) is -1.27. The Balaban J connectivity index is 1.89. The number of nitrogens with zero attached hydrogens (tertiary/aromatic N) is 1. The SMILES string of the molecule is NC(=O)c1ccccc1N1CCC(OCCC(=O)O)CC1. The van der Waals surface area contributed by atoms with Crippen LogP contribution >= 0.6 is 0 Å². The van der Waals surface area contributed by atoms with Gasteiger partial charge in [0.15, 0.2) is 0 Å². The van der Waals surface area contributed by atoms with Gasteiger partial charge < -0.3 is 20.5 Å². The van der Waals surface area contributed by atoms with E-state index in [1.54, 1.807) is 12.1 Å². The second-order valence-corrected chi connectivity index (χ2v) is 5.08. The number of aliphatic carboxylic acids is 1. The molecule has 0 bridgehead atoms. The van der Waals surface area contributed by atoms with Gasteiger partial charge in [0.05, 0.1) is 24.7 Å². The van der Waals surface area contributed by atoms with Crippen LogP contribution in [0.1, 0.15) is 29.6 Å². The number of nitrogens with two attached hydrogens (primary N) is 1. The first kappa shape index (κ1) is 15.3. The third-order valence-corrected chi connectivity index (χ3v) is 3.62. The molecule has 1 amide bonds. The van der Waals surface area contributed by atoms with E-state index < -0.39 is 11.9 Å². The molecule has 1 aromatic carbocycles. The summed E-state index contributed by atoms with van der Waals surface area (Å²) in [5.41, 5.74) is 6.78. The van der Waals surface area contributed by atoms with Crippen LogP contribution in [0.2, 0.25) is 0 Å². The number of carbonyl (C=O) groups excluding carboxylic acids is 1. The zero-order valence-electron chi connectivity index (χ0n) is 11.8. The van der Waals surface area contributed by atoms with Crippen LogP contribution in [0.15, 0.2) is 24.3 Å². The van der Waals surface area contributed by atoms with Crippen LogP contribution in [-0.2, 0) is 9.53 Å². The van der Waals surface area contributed by atoms with Crippen molar-refractivity contribution in [3.8, 4) is 0 Å². The summed E-state index contributed by atoms with van der Waals surface area (Å²) >= 11 is 0. The van der Waals surface area contributed by atoms with Crippen LogP contribution in [0, 0.1) is 0 Å². The van der Waals surface area contributed by atoms with Crippen LogP contribution in [0.25, 0.3) is 0 Å². The third-order valence-electron chi connectivity index (χ3n) is 3.62. The molecule has 3 N–H and O–H groups in total. The van der Waals surface area contributed by atoms with E-state index in [9.17, 15) is 9.59 Å². The smallest absolute Gasteiger partial charge is 0.305 e. The second kappa shape index (κ2) is 7.08. The number of primary amides is 1. The monoisotopic (exact) mass is 292 g/mol. The highest BCUT2D eigenvalue weighted by atomic mass is 16.5. The molecule has 2 rings (SSSR count). The normalized spacial score (nSPS) is 15.9. The molecule has 0 atom stereocenters. The Kier molecular flexibility index (Phi) is 5.16. The molecule has 0 unspecified atom stereocenters. The lowest BCUT2D eigenvalue weighted by atomic mass is 10.0. The lowest BCUT2D eigenvalue weighted by molar-refractivity contribution is -0.138. The zero-order valence-corrected chi connectivity index (χ0v) is 11.8. The van der Waals surface area contributed by atoms with Gasteiger partial charge in [-0.1, -0.05) is 12.1 Å². The van der Waals surface area contributed by atoms with E-state index in [0.29, 0.717) is 5.56 Å². The van der Waals surface area contributed by atoms with Crippen molar-refractivity contribution in [2.45, 2.75) is 25.4 Å². The third kappa shape index (κ3) is 4.19. The highest BCUT2D eigenvalue weighted by Gasteiger charge is 2.22. The first-order valence-corrected chi connectivity index (χ1v) is 7.05. The number of piperidine rings is 1. The van der Waals surface area contributed by atoms with E-state index in [4.69, 9.17) is 15.6 Å². The highest BCUT2D eigenvalue weighted by molar-refractivity contribution is 5.98. The Morgan fingerprint density at radius 2 is 1.95 bits per heavy atom. The van der Waals surface area contributed by atoms with E-state index in [-0.39, 0.29) is 19.1 Å². The molecule has 6 nitrogen and oxygen atoms in total. The average molecular weight is 292 g/mol. The standard InChI is InChI=1S/C15H20N2O4/c16-15(20)12-3-1-2-4-13(12)17-8-5-11(6-9-17)21-10-7-14(18)19/h1-4,11H,5-10H2,(H2,16,20)(H,18,19). The molecule has 0 radical (unpaired) electrons. The summed E-state index contributed by atoms with van der Waals surface area (Å²) in [6.07, 6.45) is 1.74. The van der Waals surface area contributed by atoms with Crippen molar-refractivity contribution in [1.29, 1.82) is 0 Å². The topological polar surface area (TPSA) is 92.9 Å². The Labute approximate surface area is 123 Å². The minimum absolute atomic E-state index is 0.0325. The van der Waals surface area contributed by atoms with Gasteiger partial charge in [0.2, 0.25) is 0 Å². The summed E-state index contributed by atoms with van der Waals surface area (Å²) in [7, 11) is 0. The van der Waals surface area contributed by atoms with Gasteiger partial charge in [-0.05, 0) is 25.0 Å². The predicted molar refractivity (Wildman–Crippen MR) is 78.4 cm³/mol. The van der Waals surface area contributed by atoms with Crippen LogP contribution in [-0.4, -0.2) is 42.8 Å². The maximum atomic E-state index is 11.4. The van der Waals surface area contributed by atoms with E-state index in [2.05, 4.69) is 4.90 Å². The van der Waals surface area contributed by atoms with Gasteiger partial charge >= 0.3 is 5.97 Å². The van der Waals surface area contributed by atoms with Crippen LogP contribution in [0.3, 0.4) is 0 Å². The molecular weight excluding hydrogens is 272 g/mol. The number of ether oxygens (including phenoxy) is 1. The lowest BCUT2D eigenvalue weighted by Crippen LogP contribution is -2.38.